The first-order chi connectivity index (χ1) is 9.65. The number of halogens is 1. The van der Waals surface area contributed by atoms with E-state index in [4.69, 9.17) is 0 Å². The monoisotopic (exact) mass is 425 g/mol. The Balaban J connectivity index is 0.00000400. The van der Waals surface area contributed by atoms with Crippen molar-refractivity contribution in [3.63, 3.8) is 0 Å². The third kappa shape index (κ3) is 8.92. The lowest BCUT2D eigenvalue weighted by Gasteiger charge is -2.10. The van der Waals surface area contributed by atoms with Crippen molar-refractivity contribution in [3.8, 4) is 0 Å². The molecular formula is C14H24IN3O2S. The minimum absolute atomic E-state index is 0. The van der Waals surface area contributed by atoms with E-state index in [1.54, 1.807) is 18.4 Å². The lowest BCUT2D eigenvalue weighted by molar-refractivity contribution is -0.140. The smallest absolute Gasteiger partial charge is 0.305 e. The van der Waals surface area contributed by atoms with Crippen LogP contribution in [0.4, 0.5) is 0 Å². The summed E-state index contributed by atoms with van der Waals surface area (Å²) in [5.41, 5.74) is 0. The van der Waals surface area contributed by atoms with Gasteiger partial charge in [0.05, 0.1) is 13.7 Å². The molecule has 5 nitrogen and oxygen atoms in total. The predicted octanol–water partition coefficient (Wildman–Crippen LogP) is 2.68. The van der Waals surface area contributed by atoms with Gasteiger partial charge in [-0.1, -0.05) is 0 Å². The van der Waals surface area contributed by atoms with Gasteiger partial charge in [0.1, 0.15) is 0 Å². The second kappa shape index (κ2) is 11.8. The highest BCUT2D eigenvalue weighted by molar-refractivity contribution is 14.0. The van der Waals surface area contributed by atoms with Crippen molar-refractivity contribution < 1.29 is 9.53 Å². The van der Waals surface area contributed by atoms with Gasteiger partial charge in [-0.15, -0.1) is 35.3 Å². The lowest BCUT2D eigenvalue weighted by Crippen LogP contribution is -2.37. The SMILES string of the molecule is CN=C(NCCCCC(=O)OC)NCc1ccc(C)s1.I. The molecule has 0 aliphatic heterocycles. The number of aliphatic imine (C=N–C) groups is 1. The van der Waals surface area contributed by atoms with Gasteiger partial charge < -0.3 is 15.4 Å². The van der Waals surface area contributed by atoms with Gasteiger partial charge in [0.25, 0.3) is 0 Å². The van der Waals surface area contributed by atoms with E-state index in [0.717, 1.165) is 31.9 Å². The van der Waals surface area contributed by atoms with Crippen LogP contribution >= 0.6 is 35.3 Å². The van der Waals surface area contributed by atoms with Gasteiger partial charge in [0, 0.05) is 29.8 Å². The molecule has 0 aliphatic carbocycles. The molecule has 2 N–H and O–H groups in total. The lowest BCUT2D eigenvalue weighted by atomic mass is 10.2. The molecule has 0 aromatic carbocycles. The summed E-state index contributed by atoms with van der Waals surface area (Å²) >= 11 is 1.78. The summed E-state index contributed by atoms with van der Waals surface area (Å²) in [6.45, 7) is 3.67. The van der Waals surface area contributed by atoms with Crippen LogP contribution in [0.15, 0.2) is 17.1 Å². The van der Waals surface area contributed by atoms with Crippen LogP contribution in [0.5, 0.6) is 0 Å². The fourth-order valence-electron chi connectivity index (χ4n) is 1.67. The molecule has 1 aromatic rings. The Hall–Kier alpha value is -0.830. The third-order valence-corrected chi connectivity index (χ3v) is 3.78. The van der Waals surface area contributed by atoms with Gasteiger partial charge >= 0.3 is 5.97 Å². The highest BCUT2D eigenvalue weighted by Crippen LogP contribution is 2.14. The van der Waals surface area contributed by atoms with Gasteiger partial charge in [0.15, 0.2) is 5.96 Å². The first kappa shape index (κ1) is 20.2. The summed E-state index contributed by atoms with van der Waals surface area (Å²) in [7, 11) is 3.17. The number of esters is 1. The molecule has 120 valence electrons. The Labute approximate surface area is 147 Å². The van der Waals surface area contributed by atoms with Crippen LogP contribution in [-0.4, -0.2) is 32.6 Å². The van der Waals surface area contributed by atoms with E-state index >= 15 is 0 Å². The Kier molecular flexibility index (Phi) is 11.3. The maximum Gasteiger partial charge on any atom is 0.305 e. The van der Waals surface area contributed by atoms with Crippen LogP contribution in [0, 0.1) is 6.92 Å². The Morgan fingerprint density at radius 1 is 1.33 bits per heavy atom. The van der Waals surface area contributed by atoms with E-state index in [-0.39, 0.29) is 29.9 Å². The van der Waals surface area contributed by atoms with Crippen molar-refractivity contribution in [3.05, 3.63) is 21.9 Å². The number of thiophene rings is 1. The van der Waals surface area contributed by atoms with Gasteiger partial charge in [-0.2, -0.15) is 0 Å². The average Bonchev–Trinajstić information content (AvgIpc) is 2.87. The van der Waals surface area contributed by atoms with Crippen LogP contribution in [0.3, 0.4) is 0 Å². The van der Waals surface area contributed by atoms with E-state index in [0.29, 0.717) is 6.42 Å². The molecule has 1 aromatic heterocycles. The summed E-state index contributed by atoms with van der Waals surface area (Å²) in [6.07, 6.45) is 2.20. The van der Waals surface area contributed by atoms with Crippen LogP contribution in [0.1, 0.15) is 29.0 Å². The molecule has 0 atom stereocenters. The minimum Gasteiger partial charge on any atom is -0.469 e. The Morgan fingerprint density at radius 3 is 2.67 bits per heavy atom. The molecule has 1 rings (SSSR count). The normalized spacial score (nSPS) is 10.7. The molecule has 0 unspecified atom stereocenters. The number of unbranched alkanes of at least 4 members (excludes halogenated alkanes) is 1. The highest BCUT2D eigenvalue weighted by Gasteiger charge is 2.01. The molecule has 0 amide bonds. The Bertz CT molecular complexity index is 449. The number of guanidine groups is 1. The minimum atomic E-state index is -0.152. The van der Waals surface area contributed by atoms with Crippen molar-refractivity contribution >= 4 is 47.2 Å². The topological polar surface area (TPSA) is 62.7 Å². The molecule has 0 fully saturated rings. The second-order valence-electron chi connectivity index (χ2n) is 4.40. The van der Waals surface area contributed by atoms with Gasteiger partial charge in [-0.25, -0.2) is 0 Å². The quantitative estimate of drug-likeness (QED) is 0.232. The van der Waals surface area contributed by atoms with E-state index in [1.807, 2.05) is 0 Å². The number of methoxy groups -OCH3 is 1. The van der Waals surface area contributed by atoms with E-state index in [2.05, 4.69) is 39.4 Å². The number of carbonyl (C=O) groups excluding carboxylic acids is 1. The summed E-state index contributed by atoms with van der Waals surface area (Å²) < 4.78 is 4.59. The van der Waals surface area contributed by atoms with Crippen LogP contribution in [0.2, 0.25) is 0 Å². The molecule has 0 saturated carbocycles. The first-order valence-corrected chi connectivity index (χ1v) is 7.54. The summed E-state index contributed by atoms with van der Waals surface area (Å²) in [6, 6.07) is 4.24. The van der Waals surface area contributed by atoms with E-state index in [9.17, 15) is 4.79 Å². The van der Waals surface area contributed by atoms with Gasteiger partial charge in [-0.3, -0.25) is 9.79 Å². The number of hydrogen-bond acceptors (Lipinski definition) is 4. The summed E-state index contributed by atoms with van der Waals surface area (Å²) in [4.78, 5) is 17.7. The van der Waals surface area contributed by atoms with Gasteiger partial charge in [0.2, 0.25) is 0 Å². The molecule has 0 spiro atoms. The molecule has 0 saturated heterocycles. The van der Waals surface area contributed by atoms with Crippen molar-refractivity contribution in [2.24, 2.45) is 4.99 Å². The zero-order valence-corrected chi connectivity index (χ0v) is 15.9. The molecular weight excluding hydrogens is 401 g/mol. The number of carbonyl (C=O) groups is 1. The van der Waals surface area contributed by atoms with E-state index < -0.39 is 0 Å². The molecule has 21 heavy (non-hydrogen) atoms. The molecule has 0 radical (unpaired) electrons. The zero-order valence-electron chi connectivity index (χ0n) is 12.8. The second-order valence-corrected chi connectivity index (χ2v) is 5.77. The van der Waals surface area contributed by atoms with Crippen LogP contribution in [0.25, 0.3) is 0 Å². The molecule has 7 heteroatoms. The summed E-state index contributed by atoms with van der Waals surface area (Å²) in [5.74, 6) is 0.634. The van der Waals surface area contributed by atoms with Crippen LogP contribution < -0.4 is 10.6 Å². The Morgan fingerprint density at radius 2 is 2.10 bits per heavy atom. The largest absolute Gasteiger partial charge is 0.469 e. The van der Waals surface area contributed by atoms with Crippen molar-refractivity contribution in [2.75, 3.05) is 20.7 Å². The highest BCUT2D eigenvalue weighted by atomic mass is 127. The number of aryl methyl sites for hydroxylation is 1. The number of hydrogen-bond donors (Lipinski definition) is 2. The first-order valence-electron chi connectivity index (χ1n) is 6.72. The van der Waals surface area contributed by atoms with E-state index in [1.165, 1.54) is 16.9 Å². The number of nitrogens with zero attached hydrogens (tertiary/aromatic N) is 1. The van der Waals surface area contributed by atoms with Crippen molar-refractivity contribution in [1.29, 1.82) is 0 Å². The van der Waals surface area contributed by atoms with Crippen molar-refractivity contribution in [2.45, 2.75) is 32.7 Å². The molecule has 0 aliphatic rings. The number of ether oxygens (including phenoxy) is 1. The molecule has 0 bridgehead atoms. The predicted molar refractivity (Wildman–Crippen MR) is 98.5 cm³/mol. The maximum absolute atomic E-state index is 10.9. The van der Waals surface area contributed by atoms with Gasteiger partial charge in [-0.05, 0) is 31.9 Å². The average molecular weight is 425 g/mol. The fourth-order valence-corrected chi connectivity index (χ4v) is 2.50. The standard InChI is InChI=1S/C14H23N3O2S.HI/c1-11-7-8-12(20-11)10-17-14(15-2)16-9-5-4-6-13(18)19-3;/h7-8H,4-6,9-10H2,1-3H3,(H2,15,16,17);1H. The summed E-state index contributed by atoms with van der Waals surface area (Å²) in [5, 5.41) is 6.50. The zero-order chi connectivity index (χ0) is 14.8. The molecule has 1 heterocycles. The fraction of sp³-hybridized carbons (Fsp3) is 0.571. The van der Waals surface area contributed by atoms with Crippen LogP contribution in [-0.2, 0) is 16.1 Å². The van der Waals surface area contributed by atoms with Crippen molar-refractivity contribution in [1.82, 2.24) is 10.6 Å². The third-order valence-electron chi connectivity index (χ3n) is 2.78. The number of rotatable bonds is 7. The maximum atomic E-state index is 10.9. The number of nitrogens with one attached hydrogen (secondary N) is 2.